The molecule has 0 fully saturated rings. The highest BCUT2D eigenvalue weighted by Gasteiger charge is 2.13. The number of nitrogens with zero attached hydrogens (tertiary/aromatic N) is 5. The molecule has 2 aromatic heterocycles. The Kier molecular flexibility index (Phi) is 3.14. The van der Waals surface area contributed by atoms with Crippen LogP contribution in [0.4, 0.5) is 0 Å². The molecule has 110 valence electrons. The van der Waals surface area contributed by atoms with E-state index in [1.807, 2.05) is 38.1 Å². The monoisotopic (exact) mass is 295 g/mol. The second kappa shape index (κ2) is 5.00. The fourth-order valence-electron chi connectivity index (χ4n) is 2.35. The predicted octanol–water partition coefficient (Wildman–Crippen LogP) is 0.787. The van der Waals surface area contributed by atoms with Gasteiger partial charge < -0.3 is 0 Å². The normalized spacial score (nSPS) is 10.8. The van der Waals surface area contributed by atoms with Gasteiger partial charge in [0.1, 0.15) is 6.54 Å². The van der Waals surface area contributed by atoms with E-state index in [4.69, 9.17) is 5.26 Å². The molecule has 0 spiro atoms. The highest BCUT2D eigenvalue weighted by molar-refractivity contribution is 5.46. The summed E-state index contributed by atoms with van der Waals surface area (Å²) in [5.74, 6) is 0. The van der Waals surface area contributed by atoms with Gasteiger partial charge in [-0.05, 0) is 31.0 Å². The lowest BCUT2D eigenvalue weighted by Gasteiger charge is -2.09. The first kappa shape index (κ1) is 13.8. The fraction of sp³-hybridized carbons (Fsp3) is 0.200. The zero-order valence-corrected chi connectivity index (χ0v) is 12.1. The SMILES string of the molecule is Cc1ccc(C)c(-n2ccn3c(=O)n(CC#N)nc3c2=O)c1. The number of benzene rings is 1. The van der Waals surface area contributed by atoms with Crippen molar-refractivity contribution in [3.63, 3.8) is 0 Å². The first-order valence-electron chi connectivity index (χ1n) is 6.68. The Morgan fingerprint density at radius 1 is 1.23 bits per heavy atom. The van der Waals surface area contributed by atoms with Crippen LogP contribution in [0.5, 0.6) is 0 Å². The molecule has 1 aromatic carbocycles. The van der Waals surface area contributed by atoms with E-state index in [1.165, 1.54) is 17.0 Å². The molecular weight excluding hydrogens is 282 g/mol. The lowest BCUT2D eigenvalue weighted by atomic mass is 10.1. The molecule has 0 unspecified atom stereocenters. The van der Waals surface area contributed by atoms with Gasteiger partial charge in [0.15, 0.2) is 0 Å². The van der Waals surface area contributed by atoms with Crippen molar-refractivity contribution >= 4 is 5.65 Å². The van der Waals surface area contributed by atoms with Crippen LogP contribution in [-0.2, 0) is 6.54 Å². The van der Waals surface area contributed by atoms with Crippen molar-refractivity contribution in [1.82, 2.24) is 18.7 Å². The van der Waals surface area contributed by atoms with E-state index in [0.29, 0.717) is 0 Å². The van der Waals surface area contributed by atoms with Crippen LogP contribution in [0.1, 0.15) is 11.1 Å². The van der Waals surface area contributed by atoms with Crippen LogP contribution in [0.15, 0.2) is 40.2 Å². The van der Waals surface area contributed by atoms with E-state index >= 15 is 0 Å². The number of rotatable bonds is 2. The summed E-state index contributed by atoms with van der Waals surface area (Å²) in [7, 11) is 0. The Labute approximate surface area is 125 Å². The van der Waals surface area contributed by atoms with Gasteiger partial charge in [-0.25, -0.2) is 9.20 Å². The van der Waals surface area contributed by atoms with Crippen LogP contribution in [0.25, 0.3) is 11.3 Å². The highest BCUT2D eigenvalue weighted by Crippen LogP contribution is 2.14. The van der Waals surface area contributed by atoms with Gasteiger partial charge in [-0.3, -0.25) is 9.36 Å². The smallest absolute Gasteiger partial charge is 0.279 e. The Bertz CT molecular complexity index is 1030. The lowest BCUT2D eigenvalue weighted by molar-refractivity contribution is 0.679. The molecule has 3 rings (SSSR count). The van der Waals surface area contributed by atoms with E-state index in [9.17, 15) is 9.59 Å². The van der Waals surface area contributed by atoms with Crippen molar-refractivity contribution in [1.29, 1.82) is 5.26 Å². The van der Waals surface area contributed by atoms with E-state index in [2.05, 4.69) is 5.10 Å². The summed E-state index contributed by atoms with van der Waals surface area (Å²) in [5.41, 5.74) is 1.82. The van der Waals surface area contributed by atoms with Crippen molar-refractivity contribution in [3.8, 4) is 11.8 Å². The van der Waals surface area contributed by atoms with Gasteiger partial charge in [0.25, 0.3) is 0 Å². The third-order valence-electron chi connectivity index (χ3n) is 3.49. The molecule has 0 aliphatic heterocycles. The maximum absolute atomic E-state index is 12.6. The van der Waals surface area contributed by atoms with E-state index in [-0.39, 0.29) is 12.2 Å². The van der Waals surface area contributed by atoms with Crippen LogP contribution in [0.2, 0.25) is 0 Å². The Morgan fingerprint density at radius 3 is 2.73 bits per heavy atom. The van der Waals surface area contributed by atoms with Crippen molar-refractivity contribution in [2.75, 3.05) is 0 Å². The van der Waals surface area contributed by atoms with Crippen LogP contribution in [0, 0.1) is 25.2 Å². The van der Waals surface area contributed by atoms with Gasteiger partial charge in [-0.1, -0.05) is 12.1 Å². The van der Waals surface area contributed by atoms with E-state index in [1.54, 1.807) is 0 Å². The second-order valence-electron chi connectivity index (χ2n) is 5.06. The number of aryl methyl sites for hydroxylation is 2. The van der Waals surface area contributed by atoms with E-state index < -0.39 is 11.2 Å². The third kappa shape index (κ3) is 2.02. The van der Waals surface area contributed by atoms with E-state index in [0.717, 1.165) is 25.9 Å². The summed E-state index contributed by atoms with van der Waals surface area (Å²) in [4.78, 5) is 24.6. The van der Waals surface area contributed by atoms with Crippen LogP contribution in [-0.4, -0.2) is 18.7 Å². The summed E-state index contributed by atoms with van der Waals surface area (Å²) in [6, 6.07) is 7.65. The number of fused-ring (bicyclic) bond motifs is 1. The molecule has 22 heavy (non-hydrogen) atoms. The summed E-state index contributed by atoms with van der Waals surface area (Å²) in [6.45, 7) is 3.66. The Balaban J connectivity index is 2.32. The molecule has 0 N–H and O–H groups in total. The molecule has 7 nitrogen and oxygen atoms in total. The molecule has 0 saturated carbocycles. The Morgan fingerprint density at radius 2 is 2.00 bits per heavy atom. The van der Waals surface area contributed by atoms with Crippen molar-refractivity contribution in [2.45, 2.75) is 20.4 Å². The van der Waals surface area contributed by atoms with Crippen molar-refractivity contribution in [2.24, 2.45) is 0 Å². The molecule has 3 aromatic rings. The number of hydrogen-bond acceptors (Lipinski definition) is 4. The number of nitriles is 1. The minimum absolute atomic E-state index is 0.00339. The summed E-state index contributed by atoms with van der Waals surface area (Å²) >= 11 is 0. The largest absolute Gasteiger partial charge is 0.351 e. The standard InChI is InChI=1S/C15H13N5O2/c1-10-3-4-11(2)12(9-10)18-7-8-19-13(14(18)21)17-20(6-5-16)15(19)22/h3-4,7-9H,6H2,1-2H3. The highest BCUT2D eigenvalue weighted by atomic mass is 16.2. The number of aromatic nitrogens is 4. The van der Waals surface area contributed by atoms with Gasteiger partial charge in [0.2, 0.25) is 5.65 Å². The molecule has 0 amide bonds. The molecule has 0 radical (unpaired) electrons. The molecule has 0 aliphatic rings. The first-order valence-corrected chi connectivity index (χ1v) is 6.68. The fourth-order valence-corrected chi connectivity index (χ4v) is 2.35. The Hall–Kier alpha value is -3.14. The summed E-state index contributed by atoms with van der Waals surface area (Å²) in [5, 5.41) is 12.6. The van der Waals surface area contributed by atoms with Crippen molar-refractivity contribution in [3.05, 3.63) is 62.6 Å². The zero-order chi connectivity index (χ0) is 15.9. The molecule has 0 aliphatic carbocycles. The molecule has 0 bridgehead atoms. The summed E-state index contributed by atoms with van der Waals surface area (Å²) < 4.78 is 3.59. The van der Waals surface area contributed by atoms with Gasteiger partial charge in [-0.15, -0.1) is 5.10 Å². The van der Waals surface area contributed by atoms with Gasteiger partial charge in [0, 0.05) is 12.4 Å². The average Bonchev–Trinajstić information content (AvgIpc) is 2.81. The molecule has 0 saturated heterocycles. The molecule has 2 heterocycles. The zero-order valence-electron chi connectivity index (χ0n) is 12.1. The molecule has 0 atom stereocenters. The summed E-state index contributed by atoms with van der Waals surface area (Å²) in [6.07, 6.45) is 3.03. The van der Waals surface area contributed by atoms with Gasteiger partial charge >= 0.3 is 11.2 Å². The predicted molar refractivity (Wildman–Crippen MR) is 80.1 cm³/mol. The minimum atomic E-state index is -0.498. The first-order chi connectivity index (χ1) is 10.5. The maximum atomic E-state index is 12.6. The topological polar surface area (TPSA) is 85.1 Å². The van der Waals surface area contributed by atoms with Gasteiger partial charge in [0.05, 0.1) is 11.8 Å². The third-order valence-corrected chi connectivity index (χ3v) is 3.49. The average molecular weight is 295 g/mol. The quantitative estimate of drug-likeness (QED) is 0.699. The van der Waals surface area contributed by atoms with Crippen molar-refractivity contribution < 1.29 is 0 Å². The second-order valence-corrected chi connectivity index (χ2v) is 5.06. The maximum Gasteiger partial charge on any atom is 0.351 e. The molecule has 7 heteroatoms. The minimum Gasteiger partial charge on any atom is -0.279 e. The van der Waals surface area contributed by atoms with Crippen LogP contribution >= 0.6 is 0 Å². The van der Waals surface area contributed by atoms with Crippen LogP contribution in [0.3, 0.4) is 0 Å². The van der Waals surface area contributed by atoms with Crippen LogP contribution < -0.4 is 11.2 Å². The van der Waals surface area contributed by atoms with Gasteiger partial charge in [-0.2, -0.15) is 9.94 Å². The lowest BCUT2D eigenvalue weighted by Crippen LogP contribution is -2.24. The number of hydrogen-bond donors (Lipinski definition) is 0. The molecular formula is C15H13N5O2.